The minimum atomic E-state index is 0.0456. The van der Waals surface area contributed by atoms with Crippen LogP contribution >= 0.6 is 11.6 Å². The van der Waals surface area contributed by atoms with Crippen LogP contribution in [0.15, 0.2) is 12.1 Å². The monoisotopic (exact) mass is 236 g/mol. The third kappa shape index (κ3) is 1.45. The number of nitrogens with two attached hydrogens (primary N) is 1. The molecule has 2 N–H and O–H groups in total. The van der Waals surface area contributed by atoms with Crippen molar-refractivity contribution in [2.75, 3.05) is 0 Å². The van der Waals surface area contributed by atoms with Gasteiger partial charge in [0.2, 0.25) is 0 Å². The summed E-state index contributed by atoms with van der Waals surface area (Å²) < 4.78 is 2.18. The van der Waals surface area contributed by atoms with Crippen LogP contribution < -0.4 is 5.73 Å². The molecule has 1 atom stereocenters. The van der Waals surface area contributed by atoms with Gasteiger partial charge in [-0.25, -0.2) is 0 Å². The quantitative estimate of drug-likeness (QED) is 0.808. The first kappa shape index (κ1) is 11.5. The fraction of sp³-hybridized carbons (Fsp3) is 0.385. The molecule has 0 aliphatic rings. The van der Waals surface area contributed by atoms with Gasteiger partial charge in [-0.15, -0.1) is 0 Å². The lowest BCUT2D eigenvalue weighted by Gasteiger charge is -2.05. The molecule has 0 fully saturated rings. The summed E-state index contributed by atoms with van der Waals surface area (Å²) in [6.07, 6.45) is 0. The molecule has 2 nitrogen and oxygen atoms in total. The summed E-state index contributed by atoms with van der Waals surface area (Å²) in [5.74, 6) is 0. The van der Waals surface area contributed by atoms with Crippen LogP contribution in [0.3, 0.4) is 0 Å². The van der Waals surface area contributed by atoms with Crippen LogP contribution in [0.1, 0.15) is 29.8 Å². The lowest BCUT2D eigenvalue weighted by Crippen LogP contribution is -2.06. The lowest BCUT2D eigenvalue weighted by molar-refractivity contribution is 0.795. The Labute approximate surface area is 101 Å². The first-order chi connectivity index (χ1) is 7.45. The van der Waals surface area contributed by atoms with E-state index in [9.17, 15) is 0 Å². The molecule has 3 heteroatoms. The van der Waals surface area contributed by atoms with E-state index in [4.69, 9.17) is 17.3 Å². The number of fused-ring (bicyclic) bond motifs is 1. The summed E-state index contributed by atoms with van der Waals surface area (Å²) in [7, 11) is 2.06. The van der Waals surface area contributed by atoms with Crippen molar-refractivity contribution in [2.24, 2.45) is 12.8 Å². The highest BCUT2D eigenvalue weighted by Crippen LogP contribution is 2.33. The van der Waals surface area contributed by atoms with Gasteiger partial charge in [-0.2, -0.15) is 0 Å². The Kier molecular flexibility index (Phi) is 2.72. The van der Waals surface area contributed by atoms with Gasteiger partial charge in [0.1, 0.15) is 0 Å². The van der Waals surface area contributed by atoms with Crippen LogP contribution in [0.2, 0.25) is 5.02 Å². The van der Waals surface area contributed by atoms with Gasteiger partial charge in [0, 0.05) is 29.2 Å². The highest BCUT2D eigenvalue weighted by atomic mass is 35.5. The Balaban J connectivity index is 2.96. The third-order valence-electron chi connectivity index (χ3n) is 3.34. The van der Waals surface area contributed by atoms with E-state index in [1.54, 1.807) is 0 Å². The minimum absolute atomic E-state index is 0.0456. The maximum absolute atomic E-state index is 6.16. The van der Waals surface area contributed by atoms with E-state index in [1.165, 1.54) is 22.2 Å². The number of aryl methyl sites for hydroxylation is 2. The summed E-state index contributed by atoms with van der Waals surface area (Å²) in [5, 5.41) is 2.03. The van der Waals surface area contributed by atoms with Gasteiger partial charge in [-0.3, -0.25) is 0 Å². The number of halogens is 1. The van der Waals surface area contributed by atoms with Gasteiger partial charge in [0.25, 0.3) is 0 Å². The molecule has 1 aromatic carbocycles. The zero-order valence-electron chi connectivity index (χ0n) is 10.1. The van der Waals surface area contributed by atoms with Crippen LogP contribution in [-0.4, -0.2) is 4.57 Å². The lowest BCUT2D eigenvalue weighted by atomic mass is 10.0. The highest BCUT2D eigenvalue weighted by Gasteiger charge is 2.17. The number of hydrogen-bond donors (Lipinski definition) is 1. The first-order valence-electron chi connectivity index (χ1n) is 5.44. The van der Waals surface area contributed by atoms with E-state index < -0.39 is 0 Å². The van der Waals surface area contributed by atoms with Crippen LogP contribution in [-0.2, 0) is 7.05 Å². The third-order valence-corrected chi connectivity index (χ3v) is 3.75. The number of aromatic nitrogens is 1. The van der Waals surface area contributed by atoms with E-state index in [0.29, 0.717) is 0 Å². The molecule has 0 radical (unpaired) electrons. The summed E-state index contributed by atoms with van der Waals surface area (Å²) in [4.78, 5) is 0. The Hall–Kier alpha value is -0.990. The van der Waals surface area contributed by atoms with E-state index >= 15 is 0 Å². The molecule has 16 heavy (non-hydrogen) atoms. The van der Waals surface area contributed by atoms with Gasteiger partial charge >= 0.3 is 0 Å². The predicted molar refractivity (Wildman–Crippen MR) is 70.0 cm³/mol. The Morgan fingerprint density at radius 1 is 1.31 bits per heavy atom. The molecule has 1 heterocycles. The van der Waals surface area contributed by atoms with Crippen LogP contribution in [0.5, 0.6) is 0 Å². The van der Waals surface area contributed by atoms with Crippen molar-refractivity contribution in [3.05, 3.63) is 34.0 Å². The van der Waals surface area contributed by atoms with Gasteiger partial charge < -0.3 is 10.3 Å². The molecule has 0 aliphatic heterocycles. The van der Waals surface area contributed by atoms with Crippen molar-refractivity contribution < 1.29 is 0 Å². The number of benzene rings is 1. The first-order valence-corrected chi connectivity index (χ1v) is 5.82. The topological polar surface area (TPSA) is 30.9 Å². The normalized spacial score (nSPS) is 13.4. The van der Waals surface area contributed by atoms with Crippen molar-refractivity contribution >= 4 is 22.5 Å². The summed E-state index contributed by atoms with van der Waals surface area (Å²) in [5.41, 5.74) is 10.8. The number of rotatable bonds is 1. The second kappa shape index (κ2) is 3.79. The SMILES string of the molecule is Cc1c(Cl)ccc2c(C(C)N)c(C)n(C)c12. The van der Waals surface area contributed by atoms with Crippen molar-refractivity contribution in [2.45, 2.75) is 26.8 Å². The molecule has 1 aromatic heterocycles. The Morgan fingerprint density at radius 2 is 1.94 bits per heavy atom. The smallest absolute Gasteiger partial charge is 0.0527 e. The van der Waals surface area contributed by atoms with Crippen molar-refractivity contribution in [3.63, 3.8) is 0 Å². The maximum atomic E-state index is 6.16. The largest absolute Gasteiger partial charge is 0.347 e. The van der Waals surface area contributed by atoms with E-state index in [2.05, 4.69) is 31.5 Å². The molecule has 86 valence electrons. The van der Waals surface area contributed by atoms with Gasteiger partial charge in [-0.1, -0.05) is 17.7 Å². The van der Waals surface area contributed by atoms with E-state index in [0.717, 1.165) is 10.6 Å². The molecule has 0 aliphatic carbocycles. The molecule has 0 saturated heterocycles. The second-order valence-corrected chi connectivity index (χ2v) is 4.82. The fourth-order valence-corrected chi connectivity index (χ4v) is 2.60. The van der Waals surface area contributed by atoms with Crippen LogP contribution in [0, 0.1) is 13.8 Å². The fourth-order valence-electron chi connectivity index (χ4n) is 2.44. The molecule has 0 bridgehead atoms. The molecule has 0 spiro atoms. The van der Waals surface area contributed by atoms with Gasteiger partial charge in [-0.05, 0) is 38.0 Å². The average Bonchev–Trinajstić information content (AvgIpc) is 2.46. The Bertz CT molecular complexity index is 553. The van der Waals surface area contributed by atoms with E-state index in [1.807, 2.05) is 13.0 Å². The summed E-state index contributed by atoms with van der Waals surface area (Å²) in [6, 6.07) is 4.06. The molecule has 2 aromatic rings. The minimum Gasteiger partial charge on any atom is -0.347 e. The number of nitrogens with zero attached hydrogens (tertiary/aromatic N) is 1. The predicted octanol–water partition coefficient (Wildman–Crippen LogP) is 3.47. The Morgan fingerprint density at radius 3 is 2.50 bits per heavy atom. The molecular weight excluding hydrogens is 220 g/mol. The second-order valence-electron chi connectivity index (χ2n) is 4.42. The van der Waals surface area contributed by atoms with Crippen molar-refractivity contribution in [1.82, 2.24) is 4.57 Å². The molecular formula is C13H17ClN2. The van der Waals surface area contributed by atoms with Gasteiger partial charge in [0.05, 0.1) is 5.52 Å². The molecule has 2 rings (SSSR count). The molecule has 0 saturated carbocycles. The molecule has 0 amide bonds. The van der Waals surface area contributed by atoms with Crippen molar-refractivity contribution in [3.8, 4) is 0 Å². The van der Waals surface area contributed by atoms with Crippen LogP contribution in [0.25, 0.3) is 10.9 Å². The highest BCUT2D eigenvalue weighted by molar-refractivity contribution is 6.32. The standard InChI is InChI=1S/C13H17ClN2/c1-7-11(14)6-5-10-12(8(2)15)9(3)16(4)13(7)10/h5-6,8H,15H2,1-4H3. The zero-order chi connectivity index (χ0) is 12.0. The summed E-state index contributed by atoms with van der Waals surface area (Å²) >= 11 is 6.16. The average molecular weight is 237 g/mol. The van der Waals surface area contributed by atoms with E-state index in [-0.39, 0.29) is 6.04 Å². The van der Waals surface area contributed by atoms with Gasteiger partial charge in [0.15, 0.2) is 0 Å². The maximum Gasteiger partial charge on any atom is 0.0527 e. The summed E-state index contributed by atoms with van der Waals surface area (Å²) in [6.45, 7) is 6.17. The number of hydrogen-bond acceptors (Lipinski definition) is 1. The van der Waals surface area contributed by atoms with Crippen molar-refractivity contribution in [1.29, 1.82) is 0 Å². The van der Waals surface area contributed by atoms with Crippen LogP contribution in [0.4, 0.5) is 0 Å². The molecule has 1 unspecified atom stereocenters. The zero-order valence-corrected chi connectivity index (χ0v) is 10.9.